The minimum Gasteiger partial charge on any atom is -0.350 e. The Balaban J connectivity index is 1.46. The largest absolute Gasteiger partial charge is 0.350 e. The molecule has 0 spiro atoms. The van der Waals surface area contributed by atoms with Crippen LogP contribution in [0.5, 0.6) is 0 Å². The minimum atomic E-state index is -3.81. The monoisotopic (exact) mass is 455 g/mol. The standard InChI is InChI=1S/C24H29N3O4S/c1-18-16-19-8-4-5-11-22(19)27(18)32(30,31)21-10-7-9-20(17-21)24(29)25-13-15-26-14-6-2-3-12-23(26)28/h4-5,7-11,17-18H,2-3,6,12-16H2,1H3,(H,25,29). The first-order valence-electron chi connectivity index (χ1n) is 11.2. The fourth-order valence-corrected chi connectivity index (χ4v) is 6.24. The maximum Gasteiger partial charge on any atom is 0.264 e. The highest BCUT2D eigenvalue weighted by Gasteiger charge is 2.36. The van der Waals surface area contributed by atoms with E-state index >= 15 is 0 Å². The van der Waals surface area contributed by atoms with Crippen molar-refractivity contribution < 1.29 is 18.0 Å². The van der Waals surface area contributed by atoms with Crippen LogP contribution in [0.3, 0.4) is 0 Å². The zero-order valence-electron chi connectivity index (χ0n) is 18.3. The lowest BCUT2D eigenvalue weighted by atomic mass is 10.1. The van der Waals surface area contributed by atoms with Crippen molar-refractivity contribution in [3.8, 4) is 0 Å². The third kappa shape index (κ3) is 4.50. The number of fused-ring (bicyclic) bond motifs is 1. The van der Waals surface area contributed by atoms with Gasteiger partial charge in [-0.2, -0.15) is 0 Å². The van der Waals surface area contributed by atoms with Crippen molar-refractivity contribution in [1.82, 2.24) is 10.2 Å². The predicted molar refractivity (Wildman–Crippen MR) is 123 cm³/mol. The summed E-state index contributed by atoms with van der Waals surface area (Å²) in [6.07, 6.45) is 4.17. The number of para-hydroxylation sites is 1. The molecule has 7 nitrogen and oxygen atoms in total. The van der Waals surface area contributed by atoms with Gasteiger partial charge in [0.2, 0.25) is 5.91 Å². The zero-order chi connectivity index (χ0) is 22.7. The van der Waals surface area contributed by atoms with Gasteiger partial charge in [0.05, 0.1) is 10.6 Å². The Kier molecular flexibility index (Phi) is 6.50. The van der Waals surface area contributed by atoms with Crippen LogP contribution in [-0.2, 0) is 21.2 Å². The van der Waals surface area contributed by atoms with Crippen molar-refractivity contribution >= 4 is 27.5 Å². The second kappa shape index (κ2) is 9.32. The zero-order valence-corrected chi connectivity index (χ0v) is 19.1. The van der Waals surface area contributed by atoms with Gasteiger partial charge in [-0.05, 0) is 56.0 Å². The molecule has 1 N–H and O–H groups in total. The molecule has 4 rings (SSSR count). The van der Waals surface area contributed by atoms with Crippen molar-refractivity contribution in [3.05, 3.63) is 59.7 Å². The Hall–Kier alpha value is -2.87. The van der Waals surface area contributed by atoms with E-state index in [0.29, 0.717) is 31.6 Å². The molecule has 0 bridgehead atoms. The van der Waals surface area contributed by atoms with E-state index in [-0.39, 0.29) is 28.3 Å². The molecule has 1 fully saturated rings. The summed E-state index contributed by atoms with van der Waals surface area (Å²) in [7, 11) is -3.81. The van der Waals surface area contributed by atoms with Crippen LogP contribution >= 0.6 is 0 Å². The van der Waals surface area contributed by atoms with Crippen molar-refractivity contribution in [2.45, 2.75) is 50.0 Å². The third-order valence-corrected chi connectivity index (χ3v) is 8.06. The average Bonchev–Trinajstić information content (AvgIpc) is 3.00. The third-order valence-electron chi connectivity index (χ3n) is 6.14. The Labute approximate surface area is 189 Å². The number of likely N-dealkylation sites (tertiary alicyclic amines) is 1. The number of hydrogen-bond acceptors (Lipinski definition) is 4. The topological polar surface area (TPSA) is 86.8 Å². The highest BCUT2D eigenvalue weighted by Crippen LogP contribution is 2.36. The maximum atomic E-state index is 13.4. The molecule has 0 aliphatic carbocycles. The lowest BCUT2D eigenvalue weighted by Crippen LogP contribution is -2.38. The number of sulfonamides is 1. The fraction of sp³-hybridized carbons (Fsp3) is 0.417. The van der Waals surface area contributed by atoms with Gasteiger partial charge >= 0.3 is 0 Å². The van der Waals surface area contributed by atoms with Gasteiger partial charge in [-0.25, -0.2) is 8.42 Å². The summed E-state index contributed by atoms with van der Waals surface area (Å²) in [5.74, 6) is -0.218. The van der Waals surface area contributed by atoms with Crippen LogP contribution in [0, 0.1) is 0 Å². The first-order valence-corrected chi connectivity index (χ1v) is 12.6. The molecular weight excluding hydrogens is 426 g/mol. The average molecular weight is 456 g/mol. The Morgan fingerprint density at radius 3 is 2.75 bits per heavy atom. The predicted octanol–water partition coefficient (Wildman–Crippen LogP) is 2.96. The van der Waals surface area contributed by atoms with Crippen LogP contribution in [0.2, 0.25) is 0 Å². The molecule has 1 atom stereocenters. The number of benzene rings is 2. The van der Waals surface area contributed by atoms with Crippen molar-refractivity contribution in [3.63, 3.8) is 0 Å². The highest BCUT2D eigenvalue weighted by molar-refractivity contribution is 7.92. The Bertz CT molecular complexity index is 1120. The van der Waals surface area contributed by atoms with Crippen molar-refractivity contribution in [1.29, 1.82) is 0 Å². The Morgan fingerprint density at radius 2 is 1.91 bits per heavy atom. The minimum absolute atomic E-state index is 0.0939. The molecule has 0 aromatic heterocycles. The van der Waals surface area contributed by atoms with Crippen molar-refractivity contribution in [2.75, 3.05) is 23.9 Å². The molecule has 2 aliphatic rings. The molecule has 170 valence electrons. The van der Waals surface area contributed by atoms with Crippen LogP contribution in [0.25, 0.3) is 0 Å². The Morgan fingerprint density at radius 1 is 1.09 bits per heavy atom. The number of carbonyl (C=O) groups is 2. The van der Waals surface area contributed by atoms with Crippen LogP contribution in [0.1, 0.15) is 48.5 Å². The molecule has 8 heteroatoms. The van der Waals surface area contributed by atoms with Gasteiger partial charge in [-0.3, -0.25) is 13.9 Å². The summed E-state index contributed by atoms with van der Waals surface area (Å²) >= 11 is 0. The molecule has 2 amide bonds. The molecule has 0 radical (unpaired) electrons. The molecule has 2 aromatic rings. The SMILES string of the molecule is CC1Cc2ccccc2N1S(=O)(=O)c1cccc(C(=O)NCCN2CCCCCC2=O)c1. The quantitative estimate of drug-likeness (QED) is 0.726. The van der Waals surface area contributed by atoms with Gasteiger partial charge in [0.15, 0.2) is 0 Å². The molecule has 2 aromatic carbocycles. The summed E-state index contributed by atoms with van der Waals surface area (Å²) in [6.45, 7) is 3.40. The van der Waals surface area contributed by atoms with E-state index in [1.54, 1.807) is 17.0 Å². The van der Waals surface area contributed by atoms with Gasteiger partial charge in [-0.15, -0.1) is 0 Å². The van der Waals surface area contributed by atoms with E-state index in [4.69, 9.17) is 0 Å². The summed E-state index contributed by atoms with van der Waals surface area (Å²) in [4.78, 5) is 26.7. The van der Waals surface area contributed by atoms with Gasteiger partial charge in [-0.1, -0.05) is 30.7 Å². The summed E-state index contributed by atoms with van der Waals surface area (Å²) in [6, 6.07) is 13.5. The molecule has 32 heavy (non-hydrogen) atoms. The van der Waals surface area contributed by atoms with Crippen LogP contribution in [0.4, 0.5) is 5.69 Å². The molecule has 2 aliphatic heterocycles. The van der Waals surface area contributed by atoms with Crippen LogP contribution < -0.4 is 9.62 Å². The van der Waals surface area contributed by atoms with E-state index < -0.39 is 10.0 Å². The molecule has 1 unspecified atom stereocenters. The molecule has 0 saturated carbocycles. The van der Waals surface area contributed by atoms with Gasteiger partial charge in [0, 0.05) is 37.7 Å². The van der Waals surface area contributed by atoms with Crippen LogP contribution in [0.15, 0.2) is 53.4 Å². The first-order chi connectivity index (χ1) is 15.4. The maximum absolute atomic E-state index is 13.4. The van der Waals surface area contributed by atoms with Gasteiger partial charge in [0.25, 0.3) is 15.9 Å². The van der Waals surface area contributed by atoms with E-state index in [0.717, 1.165) is 31.4 Å². The number of nitrogens with zero attached hydrogens (tertiary/aromatic N) is 2. The summed E-state index contributed by atoms with van der Waals surface area (Å²) in [5, 5.41) is 2.82. The summed E-state index contributed by atoms with van der Waals surface area (Å²) < 4.78 is 28.3. The number of nitrogens with one attached hydrogen (secondary N) is 1. The summed E-state index contributed by atoms with van der Waals surface area (Å²) in [5.41, 5.74) is 1.98. The van der Waals surface area contributed by atoms with E-state index in [9.17, 15) is 18.0 Å². The van der Waals surface area contributed by atoms with Gasteiger partial charge < -0.3 is 10.2 Å². The lowest BCUT2D eigenvalue weighted by molar-refractivity contribution is -0.130. The molecule has 2 heterocycles. The number of amides is 2. The number of hydrogen-bond donors (Lipinski definition) is 1. The van der Waals surface area contributed by atoms with Crippen molar-refractivity contribution in [2.24, 2.45) is 0 Å². The number of carbonyl (C=O) groups excluding carboxylic acids is 2. The highest BCUT2D eigenvalue weighted by atomic mass is 32.2. The van der Waals surface area contributed by atoms with E-state index in [2.05, 4.69) is 5.32 Å². The molecule has 1 saturated heterocycles. The van der Waals surface area contributed by atoms with E-state index in [1.807, 2.05) is 31.2 Å². The van der Waals surface area contributed by atoms with E-state index in [1.165, 1.54) is 16.4 Å². The second-order valence-electron chi connectivity index (χ2n) is 8.46. The molecular formula is C24H29N3O4S. The number of anilines is 1. The number of rotatable bonds is 6. The van der Waals surface area contributed by atoms with Crippen LogP contribution in [-0.4, -0.2) is 50.8 Å². The fourth-order valence-electron chi connectivity index (χ4n) is 4.50. The normalized spacial score (nSPS) is 18.9. The lowest BCUT2D eigenvalue weighted by Gasteiger charge is -2.24. The first kappa shape index (κ1) is 22.3. The van der Waals surface area contributed by atoms with Gasteiger partial charge in [0.1, 0.15) is 0 Å². The second-order valence-corrected chi connectivity index (χ2v) is 10.3. The smallest absolute Gasteiger partial charge is 0.264 e.